The number of methoxy groups -OCH3 is 1. The van der Waals surface area contributed by atoms with Crippen molar-refractivity contribution >= 4 is 27.6 Å². The van der Waals surface area contributed by atoms with Crippen LogP contribution in [0.15, 0.2) is 16.6 Å². The molecule has 0 aliphatic heterocycles. The van der Waals surface area contributed by atoms with Gasteiger partial charge in [0.2, 0.25) is 0 Å². The average Bonchev–Trinajstić information content (AvgIpc) is 2.10. The molecule has 1 rings (SSSR count). The zero-order valence-corrected chi connectivity index (χ0v) is 9.01. The van der Waals surface area contributed by atoms with Crippen LogP contribution in [0.25, 0.3) is 0 Å². The molecule has 0 heterocycles. The van der Waals surface area contributed by atoms with Crippen LogP contribution in [0.2, 0.25) is 0 Å². The summed E-state index contributed by atoms with van der Waals surface area (Å²) in [6, 6.07) is 3.52. The highest BCUT2D eigenvalue weighted by Gasteiger charge is 2.12. The van der Waals surface area contributed by atoms with Gasteiger partial charge in [0, 0.05) is 5.69 Å². The highest BCUT2D eigenvalue weighted by Crippen LogP contribution is 2.26. The van der Waals surface area contributed by atoms with Gasteiger partial charge in [0.15, 0.2) is 0 Å². The number of nitrogen functional groups attached to an aromatic ring is 1. The van der Waals surface area contributed by atoms with Crippen molar-refractivity contribution in [3.63, 3.8) is 0 Å². The fourth-order valence-corrected chi connectivity index (χ4v) is 1.45. The molecule has 0 saturated carbocycles. The van der Waals surface area contributed by atoms with Crippen molar-refractivity contribution in [1.82, 2.24) is 0 Å². The van der Waals surface area contributed by atoms with Gasteiger partial charge in [-0.1, -0.05) is 0 Å². The van der Waals surface area contributed by atoms with E-state index in [1.807, 2.05) is 6.92 Å². The Balaban J connectivity index is 3.28. The molecule has 0 aromatic heterocycles. The fourth-order valence-electron chi connectivity index (χ4n) is 1.06. The number of carbonyl (C=O) groups excluding carboxylic acids is 1. The maximum Gasteiger partial charge on any atom is 0.339 e. The van der Waals surface area contributed by atoms with Crippen molar-refractivity contribution < 1.29 is 9.53 Å². The Morgan fingerprint density at radius 2 is 2.15 bits per heavy atom. The molecular formula is C9H10BrNO2. The van der Waals surface area contributed by atoms with Gasteiger partial charge in [0.25, 0.3) is 0 Å². The highest BCUT2D eigenvalue weighted by atomic mass is 79.9. The van der Waals surface area contributed by atoms with Crippen LogP contribution >= 0.6 is 15.9 Å². The summed E-state index contributed by atoms with van der Waals surface area (Å²) in [6.45, 7) is 1.87. The normalized spacial score (nSPS) is 9.77. The molecule has 0 unspecified atom stereocenters. The molecule has 0 saturated heterocycles. The summed E-state index contributed by atoms with van der Waals surface area (Å²) in [7, 11) is 1.34. The first-order valence-electron chi connectivity index (χ1n) is 3.70. The Kier molecular flexibility index (Phi) is 2.93. The maximum atomic E-state index is 11.2. The first kappa shape index (κ1) is 10.1. The summed E-state index contributed by atoms with van der Waals surface area (Å²) < 4.78 is 5.19. The molecule has 0 fully saturated rings. The van der Waals surface area contributed by atoms with Gasteiger partial charge < -0.3 is 10.5 Å². The van der Waals surface area contributed by atoms with Crippen molar-refractivity contribution in [2.45, 2.75) is 6.92 Å². The van der Waals surface area contributed by atoms with E-state index in [0.717, 1.165) is 5.56 Å². The van der Waals surface area contributed by atoms with Crippen LogP contribution in [-0.4, -0.2) is 13.1 Å². The molecule has 0 atom stereocenters. The molecular weight excluding hydrogens is 234 g/mol. The third-order valence-corrected chi connectivity index (χ3v) is 2.54. The standard InChI is InChI=1S/C9H10BrNO2/c1-5-3-6(9(12)13-2)8(10)7(11)4-5/h3-4H,11H2,1-2H3. The van der Waals surface area contributed by atoms with Gasteiger partial charge >= 0.3 is 5.97 Å². The van der Waals surface area contributed by atoms with Crippen LogP contribution in [0.3, 0.4) is 0 Å². The number of esters is 1. The number of rotatable bonds is 1. The lowest BCUT2D eigenvalue weighted by atomic mass is 10.1. The summed E-state index contributed by atoms with van der Waals surface area (Å²) >= 11 is 3.23. The molecule has 3 nitrogen and oxygen atoms in total. The number of hydrogen-bond donors (Lipinski definition) is 1. The number of nitrogens with two attached hydrogens (primary N) is 1. The Morgan fingerprint density at radius 3 is 2.69 bits per heavy atom. The molecule has 0 aliphatic carbocycles. The number of hydrogen-bond acceptors (Lipinski definition) is 3. The van der Waals surface area contributed by atoms with Crippen LogP contribution in [0, 0.1) is 6.92 Å². The minimum absolute atomic E-state index is 0.387. The van der Waals surface area contributed by atoms with Crippen LogP contribution in [0.4, 0.5) is 5.69 Å². The Morgan fingerprint density at radius 1 is 1.54 bits per heavy atom. The highest BCUT2D eigenvalue weighted by molar-refractivity contribution is 9.10. The Hall–Kier alpha value is -1.03. The lowest BCUT2D eigenvalue weighted by Crippen LogP contribution is -2.04. The second-order valence-corrected chi connectivity index (χ2v) is 3.50. The lowest BCUT2D eigenvalue weighted by Gasteiger charge is -2.06. The third-order valence-electron chi connectivity index (χ3n) is 1.65. The van der Waals surface area contributed by atoms with Gasteiger partial charge in [-0.3, -0.25) is 0 Å². The smallest absolute Gasteiger partial charge is 0.339 e. The van der Waals surface area contributed by atoms with E-state index in [1.165, 1.54) is 7.11 Å². The van der Waals surface area contributed by atoms with Crippen LogP contribution in [0.5, 0.6) is 0 Å². The van der Waals surface area contributed by atoms with Crippen LogP contribution in [0.1, 0.15) is 15.9 Å². The summed E-state index contributed by atoms with van der Waals surface area (Å²) in [5.74, 6) is -0.387. The van der Waals surface area contributed by atoms with E-state index < -0.39 is 0 Å². The van der Waals surface area contributed by atoms with E-state index in [0.29, 0.717) is 15.7 Å². The molecule has 0 bridgehead atoms. The SMILES string of the molecule is COC(=O)c1cc(C)cc(N)c1Br. The molecule has 0 amide bonds. The summed E-state index contributed by atoms with van der Waals surface area (Å²) in [4.78, 5) is 11.2. The molecule has 4 heteroatoms. The summed E-state index contributed by atoms with van der Waals surface area (Å²) in [5, 5.41) is 0. The predicted octanol–water partition coefficient (Wildman–Crippen LogP) is 2.13. The predicted molar refractivity (Wildman–Crippen MR) is 54.6 cm³/mol. The largest absolute Gasteiger partial charge is 0.465 e. The average molecular weight is 244 g/mol. The van der Waals surface area contributed by atoms with Gasteiger partial charge in [-0.2, -0.15) is 0 Å². The first-order valence-corrected chi connectivity index (χ1v) is 4.49. The number of benzene rings is 1. The van der Waals surface area contributed by atoms with Gasteiger partial charge in [0.1, 0.15) is 0 Å². The number of anilines is 1. The lowest BCUT2D eigenvalue weighted by molar-refractivity contribution is 0.0599. The minimum Gasteiger partial charge on any atom is -0.465 e. The van der Waals surface area contributed by atoms with Crippen LogP contribution < -0.4 is 5.73 Å². The van der Waals surface area contributed by atoms with E-state index in [2.05, 4.69) is 20.7 Å². The van der Waals surface area contributed by atoms with Crippen LogP contribution in [-0.2, 0) is 4.74 Å². The second kappa shape index (κ2) is 3.79. The number of aryl methyl sites for hydroxylation is 1. The van der Waals surface area contributed by atoms with Crippen molar-refractivity contribution in [2.24, 2.45) is 0 Å². The zero-order chi connectivity index (χ0) is 10.0. The van der Waals surface area contributed by atoms with Gasteiger partial charge in [-0.05, 0) is 40.5 Å². The van der Waals surface area contributed by atoms with E-state index >= 15 is 0 Å². The maximum absolute atomic E-state index is 11.2. The Bertz CT molecular complexity index is 350. The molecule has 13 heavy (non-hydrogen) atoms. The zero-order valence-electron chi connectivity index (χ0n) is 7.43. The second-order valence-electron chi connectivity index (χ2n) is 2.71. The number of ether oxygens (including phenoxy) is 1. The van der Waals surface area contributed by atoms with E-state index in [1.54, 1.807) is 12.1 Å². The van der Waals surface area contributed by atoms with Crippen molar-refractivity contribution in [2.75, 3.05) is 12.8 Å². The fraction of sp³-hybridized carbons (Fsp3) is 0.222. The summed E-state index contributed by atoms with van der Waals surface area (Å²) in [6.07, 6.45) is 0. The van der Waals surface area contributed by atoms with E-state index in [-0.39, 0.29) is 5.97 Å². The molecule has 1 aromatic rings. The van der Waals surface area contributed by atoms with Gasteiger partial charge in [-0.25, -0.2) is 4.79 Å². The van der Waals surface area contributed by atoms with Gasteiger partial charge in [0.05, 0.1) is 17.1 Å². The quantitative estimate of drug-likeness (QED) is 0.608. The van der Waals surface area contributed by atoms with Crippen molar-refractivity contribution in [3.05, 3.63) is 27.7 Å². The monoisotopic (exact) mass is 243 g/mol. The topological polar surface area (TPSA) is 52.3 Å². The van der Waals surface area contributed by atoms with Crippen molar-refractivity contribution in [3.8, 4) is 0 Å². The molecule has 0 spiro atoms. The molecule has 0 aliphatic rings. The van der Waals surface area contributed by atoms with Crippen molar-refractivity contribution in [1.29, 1.82) is 0 Å². The third kappa shape index (κ3) is 2.01. The molecule has 0 radical (unpaired) electrons. The molecule has 70 valence electrons. The molecule has 2 N–H and O–H groups in total. The van der Waals surface area contributed by atoms with Gasteiger partial charge in [-0.15, -0.1) is 0 Å². The molecule has 1 aromatic carbocycles. The van der Waals surface area contributed by atoms with E-state index in [9.17, 15) is 4.79 Å². The first-order chi connectivity index (χ1) is 6.06. The summed E-state index contributed by atoms with van der Waals surface area (Å²) in [5.41, 5.74) is 7.59. The number of carbonyl (C=O) groups is 1. The van der Waals surface area contributed by atoms with E-state index in [4.69, 9.17) is 5.73 Å². The minimum atomic E-state index is -0.387. The number of halogens is 1. The Labute approximate surface area is 85.0 Å².